The lowest BCUT2D eigenvalue weighted by Crippen LogP contribution is -2.65. The zero-order chi connectivity index (χ0) is 24.2. The molecule has 2 N–H and O–H groups in total. The third-order valence-electron chi connectivity index (χ3n) is 10.7. The van der Waals surface area contributed by atoms with E-state index in [9.17, 15) is 9.90 Å². The van der Waals surface area contributed by atoms with Crippen molar-refractivity contribution in [1.29, 1.82) is 0 Å². The molecule has 2 saturated carbocycles. The van der Waals surface area contributed by atoms with E-state index in [1.807, 2.05) is 0 Å². The van der Waals surface area contributed by atoms with E-state index in [-0.39, 0.29) is 6.54 Å². The second kappa shape index (κ2) is 9.50. The molecule has 4 aliphatic heterocycles. The van der Waals surface area contributed by atoms with E-state index in [1.54, 1.807) is 0 Å². The van der Waals surface area contributed by atoms with Gasteiger partial charge in [-0.3, -0.25) is 14.6 Å². The zero-order valence-electron chi connectivity index (χ0n) is 21.7. The van der Waals surface area contributed by atoms with Crippen LogP contribution in [0.25, 0.3) is 0 Å². The Balaban J connectivity index is 1.10. The number of nitrogens with one attached hydrogen (secondary N) is 1. The molecule has 0 aromatic heterocycles. The maximum Gasteiger partial charge on any atom is 0.317 e. The fourth-order valence-corrected chi connectivity index (χ4v) is 9.42. The SMILES string of the molecule is O=C(O)CN1CC(C2Nc3ccccc3N2C2CC3CCCC(C2)N3C2CC3CCCCC(C3)C2)C1. The average Bonchev–Trinajstić information content (AvgIpc) is 3.12. The first-order valence-corrected chi connectivity index (χ1v) is 15.0. The van der Waals surface area contributed by atoms with E-state index in [4.69, 9.17) is 0 Å². The fraction of sp³-hybridized carbons (Fsp3) is 0.767. The van der Waals surface area contributed by atoms with Gasteiger partial charge in [0.15, 0.2) is 0 Å². The monoisotopic (exact) mass is 492 g/mol. The van der Waals surface area contributed by atoms with Crippen molar-refractivity contribution < 1.29 is 9.90 Å². The van der Waals surface area contributed by atoms with Crippen molar-refractivity contribution in [1.82, 2.24) is 9.80 Å². The van der Waals surface area contributed by atoms with E-state index in [1.165, 1.54) is 88.4 Å². The van der Waals surface area contributed by atoms with E-state index in [0.29, 0.717) is 18.1 Å². The minimum atomic E-state index is -0.712. The normalized spacial score (nSPS) is 39.1. The van der Waals surface area contributed by atoms with Gasteiger partial charge in [-0.2, -0.15) is 0 Å². The fourth-order valence-electron chi connectivity index (χ4n) is 9.42. The first kappa shape index (κ1) is 23.3. The molecule has 1 aromatic rings. The molecule has 6 aliphatic rings. The van der Waals surface area contributed by atoms with Crippen LogP contribution in [-0.2, 0) is 4.79 Å². The molecule has 5 atom stereocenters. The van der Waals surface area contributed by atoms with Crippen molar-refractivity contribution in [2.75, 3.05) is 29.9 Å². The number of rotatable bonds is 5. The highest BCUT2D eigenvalue weighted by atomic mass is 16.4. The quantitative estimate of drug-likeness (QED) is 0.603. The molecule has 6 heteroatoms. The van der Waals surface area contributed by atoms with Crippen molar-refractivity contribution in [2.45, 2.75) is 107 Å². The number of para-hydroxylation sites is 2. The summed E-state index contributed by atoms with van der Waals surface area (Å²) in [6.45, 7) is 1.93. The minimum absolute atomic E-state index is 0.169. The van der Waals surface area contributed by atoms with Gasteiger partial charge in [0.25, 0.3) is 0 Å². The number of anilines is 2. The smallest absolute Gasteiger partial charge is 0.317 e. The Hall–Kier alpha value is -1.79. The molecule has 2 aliphatic carbocycles. The van der Waals surface area contributed by atoms with Gasteiger partial charge in [-0.05, 0) is 68.9 Å². The zero-order valence-corrected chi connectivity index (χ0v) is 21.7. The maximum atomic E-state index is 11.2. The van der Waals surface area contributed by atoms with Gasteiger partial charge in [-0.15, -0.1) is 0 Å². The first-order valence-electron chi connectivity index (χ1n) is 15.0. The van der Waals surface area contributed by atoms with Gasteiger partial charge in [-0.1, -0.05) is 44.2 Å². The summed E-state index contributed by atoms with van der Waals surface area (Å²) >= 11 is 0. The van der Waals surface area contributed by atoms with Crippen LogP contribution in [0.4, 0.5) is 11.4 Å². The molecule has 36 heavy (non-hydrogen) atoms. The molecule has 3 saturated heterocycles. The lowest BCUT2D eigenvalue weighted by molar-refractivity contribution is -0.140. The predicted molar refractivity (Wildman–Crippen MR) is 143 cm³/mol. The molecular formula is C30H44N4O2. The van der Waals surface area contributed by atoms with Gasteiger partial charge in [0.05, 0.1) is 17.9 Å². The molecule has 0 radical (unpaired) electrons. The van der Waals surface area contributed by atoms with Gasteiger partial charge in [0, 0.05) is 43.2 Å². The van der Waals surface area contributed by atoms with Crippen LogP contribution in [0.1, 0.15) is 77.0 Å². The third kappa shape index (κ3) is 4.22. The van der Waals surface area contributed by atoms with Crippen molar-refractivity contribution >= 4 is 17.3 Å². The van der Waals surface area contributed by atoms with Crippen LogP contribution in [0.15, 0.2) is 24.3 Å². The number of hydrogen-bond acceptors (Lipinski definition) is 5. The number of fused-ring (bicyclic) bond motifs is 5. The molecule has 5 fully saturated rings. The molecule has 5 unspecified atom stereocenters. The van der Waals surface area contributed by atoms with Crippen LogP contribution >= 0.6 is 0 Å². The number of nitrogens with zero attached hydrogens (tertiary/aromatic N) is 3. The Morgan fingerprint density at radius 3 is 2.22 bits per heavy atom. The number of likely N-dealkylation sites (tertiary alicyclic amines) is 1. The van der Waals surface area contributed by atoms with Crippen molar-refractivity contribution in [3.8, 4) is 0 Å². The largest absolute Gasteiger partial charge is 0.480 e. The van der Waals surface area contributed by atoms with Crippen LogP contribution in [0.3, 0.4) is 0 Å². The topological polar surface area (TPSA) is 59.1 Å². The first-order chi connectivity index (χ1) is 17.6. The molecule has 4 bridgehead atoms. The lowest BCUT2D eigenvalue weighted by Gasteiger charge is -2.57. The second-order valence-electron chi connectivity index (χ2n) is 13.0. The molecular weight excluding hydrogens is 448 g/mol. The van der Waals surface area contributed by atoms with E-state index in [0.717, 1.165) is 43.1 Å². The summed E-state index contributed by atoms with van der Waals surface area (Å²) in [5.74, 6) is 1.74. The highest BCUT2D eigenvalue weighted by Gasteiger charge is 2.49. The Labute approximate surface area is 216 Å². The summed E-state index contributed by atoms with van der Waals surface area (Å²) in [5, 5.41) is 13.1. The Bertz CT molecular complexity index is 936. The standard InChI is InChI=1S/C30H44N4O2/c35-29(36)19-32-17-22(18-32)30-31-27-10-3-4-11-28(27)34(30)26-15-23-8-5-9-24(16-26)33(23)25-13-20-6-1-2-7-21(12-20)14-25/h3-4,10-11,20-26,30-31H,1-2,5-9,12-19H2,(H,35,36). The highest BCUT2D eigenvalue weighted by molar-refractivity contribution is 5.76. The van der Waals surface area contributed by atoms with Crippen molar-refractivity contribution in [3.63, 3.8) is 0 Å². The van der Waals surface area contributed by atoms with Gasteiger partial charge < -0.3 is 15.3 Å². The van der Waals surface area contributed by atoms with Crippen LogP contribution in [0.2, 0.25) is 0 Å². The highest BCUT2D eigenvalue weighted by Crippen LogP contribution is 2.48. The number of benzene rings is 1. The molecule has 6 nitrogen and oxygen atoms in total. The van der Waals surface area contributed by atoms with Gasteiger partial charge in [0.2, 0.25) is 0 Å². The number of piperidine rings is 2. The lowest BCUT2D eigenvalue weighted by atomic mass is 9.73. The molecule has 196 valence electrons. The summed E-state index contributed by atoms with van der Waals surface area (Å²) in [6.07, 6.45) is 17.4. The Kier molecular flexibility index (Phi) is 6.16. The van der Waals surface area contributed by atoms with Crippen LogP contribution in [0, 0.1) is 17.8 Å². The third-order valence-corrected chi connectivity index (χ3v) is 10.7. The number of carboxylic acids is 1. The van der Waals surface area contributed by atoms with E-state index in [2.05, 4.69) is 44.3 Å². The summed E-state index contributed by atoms with van der Waals surface area (Å²) in [5.41, 5.74) is 2.64. The molecule has 0 amide bonds. The Morgan fingerprint density at radius 1 is 0.833 bits per heavy atom. The van der Waals surface area contributed by atoms with Gasteiger partial charge >= 0.3 is 5.97 Å². The van der Waals surface area contributed by atoms with Crippen LogP contribution in [-0.4, -0.2) is 70.8 Å². The van der Waals surface area contributed by atoms with Crippen LogP contribution < -0.4 is 10.2 Å². The van der Waals surface area contributed by atoms with Gasteiger partial charge in [0.1, 0.15) is 6.17 Å². The van der Waals surface area contributed by atoms with E-state index < -0.39 is 5.97 Å². The van der Waals surface area contributed by atoms with Crippen molar-refractivity contribution in [2.24, 2.45) is 17.8 Å². The molecule has 4 heterocycles. The second-order valence-corrected chi connectivity index (χ2v) is 13.0. The number of hydrogen-bond donors (Lipinski definition) is 2. The van der Waals surface area contributed by atoms with Gasteiger partial charge in [-0.25, -0.2) is 0 Å². The number of aliphatic carboxylic acids is 1. The molecule has 7 rings (SSSR count). The predicted octanol–water partition coefficient (Wildman–Crippen LogP) is 5.01. The maximum absolute atomic E-state index is 11.2. The minimum Gasteiger partial charge on any atom is -0.480 e. The summed E-state index contributed by atoms with van der Waals surface area (Å²) < 4.78 is 0. The number of carbonyl (C=O) groups is 1. The average molecular weight is 493 g/mol. The Morgan fingerprint density at radius 2 is 1.53 bits per heavy atom. The molecule has 1 aromatic carbocycles. The summed E-state index contributed by atoms with van der Waals surface area (Å²) in [7, 11) is 0. The summed E-state index contributed by atoms with van der Waals surface area (Å²) in [4.78, 5) is 19.1. The van der Waals surface area contributed by atoms with E-state index >= 15 is 0 Å². The number of carboxylic acid groups (broad SMARTS) is 1. The van der Waals surface area contributed by atoms with Crippen molar-refractivity contribution in [3.05, 3.63) is 24.3 Å². The molecule has 0 spiro atoms. The van der Waals surface area contributed by atoms with Crippen LogP contribution in [0.5, 0.6) is 0 Å². The summed E-state index contributed by atoms with van der Waals surface area (Å²) in [6, 6.07) is 11.8.